The van der Waals surface area contributed by atoms with E-state index < -0.39 is 6.10 Å². The third-order valence-corrected chi connectivity index (χ3v) is 4.12. The molecule has 2 aromatic heterocycles. The van der Waals surface area contributed by atoms with Crippen molar-refractivity contribution >= 4 is 0 Å². The van der Waals surface area contributed by atoms with E-state index >= 15 is 0 Å². The molecule has 0 saturated carbocycles. The van der Waals surface area contributed by atoms with Crippen LogP contribution in [0.25, 0.3) is 11.1 Å². The van der Waals surface area contributed by atoms with Gasteiger partial charge < -0.3 is 14.2 Å². The molecule has 0 amide bonds. The first-order valence-electron chi connectivity index (χ1n) is 7.86. The second kappa shape index (κ2) is 6.45. The summed E-state index contributed by atoms with van der Waals surface area (Å²) in [6.07, 6.45) is 1.34. The standard InChI is InChI=1S/C19H20N2O3/c1-12-19(14(3)24-20-12)17-8-9-18(23)21(11-17)10-15-4-6-16(7-5-15)13(2)22/h4-9,11,13,22H,10H2,1-3H3/t13-/m1/s1. The molecular formula is C19H20N2O3. The number of nitrogens with zero attached hydrogens (tertiary/aromatic N) is 2. The fourth-order valence-corrected chi connectivity index (χ4v) is 2.80. The monoisotopic (exact) mass is 324 g/mol. The van der Waals surface area contributed by atoms with Gasteiger partial charge in [0.05, 0.1) is 18.3 Å². The maximum absolute atomic E-state index is 12.2. The average Bonchev–Trinajstić information content (AvgIpc) is 2.89. The van der Waals surface area contributed by atoms with Crippen molar-refractivity contribution in [2.45, 2.75) is 33.4 Å². The first-order chi connectivity index (χ1) is 11.5. The molecule has 2 heterocycles. The quantitative estimate of drug-likeness (QED) is 0.800. The van der Waals surface area contributed by atoms with Crippen LogP contribution in [0.2, 0.25) is 0 Å². The van der Waals surface area contributed by atoms with Gasteiger partial charge in [-0.15, -0.1) is 0 Å². The average molecular weight is 324 g/mol. The van der Waals surface area contributed by atoms with Gasteiger partial charge in [-0.3, -0.25) is 4.79 Å². The van der Waals surface area contributed by atoms with Gasteiger partial charge in [-0.1, -0.05) is 29.4 Å². The summed E-state index contributed by atoms with van der Waals surface area (Å²) in [6.45, 7) is 5.94. The number of benzene rings is 1. The highest BCUT2D eigenvalue weighted by Gasteiger charge is 2.12. The fourth-order valence-electron chi connectivity index (χ4n) is 2.80. The molecule has 3 rings (SSSR count). The van der Waals surface area contributed by atoms with Crippen molar-refractivity contribution in [2.24, 2.45) is 0 Å². The molecule has 0 bridgehead atoms. The molecule has 0 unspecified atom stereocenters. The molecule has 0 spiro atoms. The molecule has 1 atom stereocenters. The zero-order chi connectivity index (χ0) is 17.3. The van der Waals surface area contributed by atoms with Crippen molar-refractivity contribution in [3.63, 3.8) is 0 Å². The first kappa shape index (κ1) is 16.2. The Balaban J connectivity index is 1.94. The van der Waals surface area contributed by atoms with E-state index in [4.69, 9.17) is 4.52 Å². The molecule has 3 aromatic rings. The summed E-state index contributed by atoms with van der Waals surface area (Å²) in [4.78, 5) is 12.2. The summed E-state index contributed by atoms with van der Waals surface area (Å²) < 4.78 is 6.88. The van der Waals surface area contributed by atoms with Crippen LogP contribution >= 0.6 is 0 Å². The van der Waals surface area contributed by atoms with Crippen LogP contribution in [0, 0.1) is 13.8 Å². The zero-order valence-corrected chi connectivity index (χ0v) is 14.0. The lowest BCUT2D eigenvalue weighted by Crippen LogP contribution is -2.19. The van der Waals surface area contributed by atoms with Crippen LogP contribution in [0.3, 0.4) is 0 Å². The van der Waals surface area contributed by atoms with Gasteiger partial charge in [-0.2, -0.15) is 0 Å². The van der Waals surface area contributed by atoms with Crippen molar-refractivity contribution < 1.29 is 9.63 Å². The van der Waals surface area contributed by atoms with E-state index in [9.17, 15) is 9.90 Å². The van der Waals surface area contributed by atoms with Crippen LogP contribution in [0.5, 0.6) is 0 Å². The Labute approximate surface area is 140 Å². The summed E-state index contributed by atoms with van der Waals surface area (Å²) in [5.74, 6) is 0.735. The Hall–Kier alpha value is -2.66. The van der Waals surface area contributed by atoms with E-state index in [0.717, 1.165) is 33.7 Å². The maximum atomic E-state index is 12.2. The SMILES string of the molecule is Cc1noc(C)c1-c1ccc(=O)n(Cc2ccc([C@@H](C)O)cc2)c1. The molecule has 0 aliphatic rings. The minimum absolute atomic E-state index is 0.0647. The largest absolute Gasteiger partial charge is 0.389 e. The Morgan fingerprint density at radius 2 is 1.88 bits per heavy atom. The minimum atomic E-state index is -0.496. The third-order valence-electron chi connectivity index (χ3n) is 4.12. The molecule has 5 heteroatoms. The Morgan fingerprint density at radius 1 is 1.17 bits per heavy atom. The van der Waals surface area contributed by atoms with Crippen LogP contribution in [-0.4, -0.2) is 14.8 Å². The highest BCUT2D eigenvalue weighted by molar-refractivity contribution is 5.66. The number of aliphatic hydroxyl groups excluding tert-OH is 1. The number of hydrogen-bond donors (Lipinski definition) is 1. The number of aromatic nitrogens is 2. The van der Waals surface area contributed by atoms with E-state index in [2.05, 4.69) is 5.16 Å². The van der Waals surface area contributed by atoms with Crippen molar-refractivity contribution in [3.05, 3.63) is 75.5 Å². The molecular weight excluding hydrogens is 304 g/mol. The number of pyridine rings is 1. The smallest absolute Gasteiger partial charge is 0.250 e. The van der Waals surface area contributed by atoms with E-state index in [0.29, 0.717) is 6.54 Å². The van der Waals surface area contributed by atoms with Crippen molar-refractivity contribution in [3.8, 4) is 11.1 Å². The fraction of sp³-hybridized carbons (Fsp3) is 0.263. The molecule has 24 heavy (non-hydrogen) atoms. The van der Waals surface area contributed by atoms with Crippen molar-refractivity contribution in [2.75, 3.05) is 0 Å². The highest BCUT2D eigenvalue weighted by atomic mass is 16.5. The molecule has 5 nitrogen and oxygen atoms in total. The lowest BCUT2D eigenvalue weighted by molar-refractivity contribution is 0.199. The Bertz CT molecular complexity index is 886. The van der Waals surface area contributed by atoms with Crippen LogP contribution in [0.4, 0.5) is 0 Å². The van der Waals surface area contributed by atoms with Gasteiger partial charge in [-0.25, -0.2) is 0 Å². The van der Waals surface area contributed by atoms with E-state index in [1.165, 1.54) is 0 Å². The summed E-state index contributed by atoms with van der Waals surface area (Å²) in [7, 11) is 0. The van der Waals surface area contributed by atoms with Crippen LogP contribution in [0.1, 0.15) is 35.6 Å². The lowest BCUT2D eigenvalue weighted by Gasteiger charge is -2.10. The Kier molecular flexibility index (Phi) is 4.36. The predicted molar refractivity (Wildman–Crippen MR) is 91.9 cm³/mol. The van der Waals surface area contributed by atoms with E-state index in [-0.39, 0.29) is 5.56 Å². The predicted octanol–water partition coefficient (Wildman–Crippen LogP) is 3.22. The summed E-state index contributed by atoms with van der Waals surface area (Å²) in [5, 5.41) is 13.5. The van der Waals surface area contributed by atoms with Crippen molar-refractivity contribution in [1.82, 2.24) is 9.72 Å². The van der Waals surface area contributed by atoms with Gasteiger partial charge in [0.2, 0.25) is 0 Å². The van der Waals surface area contributed by atoms with Crippen LogP contribution in [0.15, 0.2) is 51.9 Å². The molecule has 0 radical (unpaired) electrons. The minimum Gasteiger partial charge on any atom is -0.389 e. The van der Waals surface area contributed by atoms with Gasteiger partial charge in [0, 0.05) is 23.4 Å². The summed E-state index contributed by atoms with van der Waals surface area (Å²) in [5.41, 5.74) is 4.43. The topological polar surface area (TPSA) is 68.3 Å². The molecule has 0 aliphatic carbocycles. The number of rotatable bonds is 4. The number of hydrogen-bond acceptors (Lipinski definition) is 4. The first-order valence-corrected chi connectivity index (χ1v) is 7.86. The van der Waals surface area contributed by atoms with Gasteiger partial charge in [0.15, 0.2) is 0 Å². The van der Waals surface area contributed by atoms with E-state index in [1.54, 1.807) is 23.6 Å². The molecule has 0 saturated heterocycles. The second-order valence-corrected chi connectivity index (χ2v) is 6.00. The molecule has 0 fully saturated rings. The number of aryl methyl sites for hydroxylation is 2. The number of aliphatic hydroxyl groups is 1. The van der Waals surface area contributed by atoms with Gasteiger partial charge >= 0.3 is 0 Å². The summed E-state index contributed by atoms with van der Waals surface area (Å²) in [6, 6.07) is 11.0. The second-order valence-electron chi connectivity index (χ2n) is 6.00. The third kappa shape index (κ3) is 3.16. The molecule has 0 aliphatic heterocycles. The molecule has 1 aromatic carbocycles. The summed E-state index contributed by atoms with van der Waals surface area (Å²) >= 11 is 0. The molecule has 124 valence electrons. The maximum Gasteiger partial charge on any atom is 0.250 e. The highest BCUT2D eigenvalue weighted by Crippen LogP contribution is 2.25. The Morgan fingerprint density at radius 3 is 2.46 bits per heavy atom. The van der Waals surface area contributed by atoms with Gasteiger partial charge in [0.25, 0.3) is 5.56 Å². The van der Waals surface area contributed by atoms with Gasteiger partial charge in [-0.05, 0) is 38.0 Å². The van der Waals surface area contributed by atoms with Crippen LogP contribution in [-0.2, 0) is 6.54 Å². The zero-order valence-electron chi connectivity index (χ0n) is 14.0. The molecule has 1 N–H and O–H groups in total. The van der Waals surface area contributed by atoms with Gasteiger partial charge in [0.1, 0.15) is 5.76 Å². The van der Waals surface area contributed by atoms with E-state index in [1.807, 2.05) is 44.3 Å². The normalized spacial score (nSPS) is 12.3. The van der Waals surface area contributed by atoms with Crippen molar-refractivity contribution in [1.29, 1.82) is 0 Å². The van der Waals surface area contributed by atoms with Crippen LogP contribution < -0.4 is 5.56 Å². The lowest BCUT2D eigenvalue weighted by atomic mass is 10.1.